The molecule has 10 heteroatoms. The second-order valence-corrected chi connectivity index (χ2v) is 9.85. The van der Waals surface area contributed by atoms with E-state index >= 15 is 0 Å². The molecule has 4 aliphatic rings. The van der Waals surface area contributed by atoms with E-state index in [1.54, 1.807) is 0 Å². The molecular formula is C20H20N4O5Se. The van der Waals surface area contributed by atoms with E-state index in [4.69, 9.17) is 20.9 Å². The van der Waals surface area contributed by atoms with Gasteiger partial charge >= 0.3 is 178 Å². The van der Waals surface area contributed by atoms with E-state index in [1.165, 1.54) is 7.11 Å². The van der Waals surface area contributed by atoms with Crippen LogP contribution in [0.1, 0.15) is 0 Å². The number of benzene rings is 1. The summed E-state index contributed by atoms with van der Waals surface area (Å²) >= 11 is -0.422. The van der Waals surface area contributed by atoms with Crippen LogP contribution in [-0.4, -0.2) is 75.6 Å². The predicted molar refractivity (Wildman–Crippen MR) is 106 cm³/mol. The standard InChI is InChI=1S/C20H20N4O5Se/c1-28-20-10(8-29-19(22)27)12-14(24(20)7-11-18(20)23-11)16(26)17(13(21)15(12)25)30-9-5-3-2-4-6-9/h2-6,10-11,18,23H,7-8,21H2,1H3,(H2,22,27)/t10-,11+,18+,20-/m1/s1. The summed E-state index contributed by atoms with van der Waals surface area (Å²) < 4.78 is 12.3. The van der Waals surface area contributed by atoms with Gasteiger partial charge in [-0.15, -0.1) is 0 Å². The molecule has 2 saturated heterocycles. The number of hydrogen-bond donors (Lipinski definition) is 3. The fourth-order valence-corrected chi connectivity index (χ4v) is 6.81. The molecule has 1 amide bonds. The van der Waals surface area contributed by atoms with Crippen molar-refractivity contribution in [2.75, 3.05) is 20.3 Å². The van der Waals surface area contributed by atoms with E-state index in [0.717, 1.165) is 4.46 Å². The van der Waals surface area contributed by atoms with Crippen molar-refractivity contribution in [3.63, 3.8) is 0 Å². The third-order valence-corrected chi connectivity index (χ3v) is 8.49. The normalized spacial score (nSPS) is 31.6. The molecule has 30 heavy (non-hydrogen) atoms. The van der Waals surface area contributed by atoms with Crippen molar-refractivity contribution in [3.05, 3.63) is 51.8 Å². The topological polar surface area (TPSA) is 147 Å². The Bertz CT molecular complexity index is 1040. The van der Waals surface area contributed by atoms with Gasteiger partial charge in [0.1, 0.15) is 0 Å². The van der Waals surface area contributed by atoms with E-state index in [2.05, 4.69) is 5.32 Å². The minimum atomic E-state index is -0.994. The molecule has 3 heterocycles. The summed E-state index contributed by atoms with van der Waals surface area (Å²) in [7, 11) is 1.53. The predicted octanol–water partition coefficient (Wildman–Crippen LogP) is -1.68. The molecule has 0 bridgehead atoms. The van der Waals surface area contributed by atoms with Gasteiger partial charge in [0.25, 0.3) is 0 Å². The summed E-state index contributed by atoms with van der Waals surface area (Å²) in [5.74, 6) is -1.33. The summed E-state index contributed by atoms with van der Waals surface area (Å²) in [6, 6.07) is 9.54. The van der Waals surface area contributed by atoms with Gasteiger partial charge in [-0.05, 0) is 0 Å². The van der Waals surface area contributed by atoms with Crippen LogP contribution in [0, 0.1) is 5.92 Å². The van der Waals surface area contributed by atoms with Crippen molar-refractivity contribution in [1.82, 2.24) is 10.2 Å². The van der Waals surface area contributed by atoms with Crippen molar-refractivity contribution in [1.29, 1.82) is 0 Å². The number of methoxy groups -OCH3 is 1. The van der Waals surface area contributed by atoms with Crippen LogP contribution in [0.25, 0.3) is 0 Å². The number of amides is 1. The molecule has 5 rings (SSSR count). The monoisotopic (exact) mass is 476 g/mol. The van der Waals surface area contributed by atoms with E-state index in [0.29, 0.717) is 16.7 Å². The fraction of sp³-hybridized carbons (Fsp3) is 0.350. The molecular weight excluding hydrogens is 455 g/mol. The molecule has 0 aromatic heterocycles. The van der Waals surface area contributed by atoms with Gasteiger partial charge in [-0.1, -0.05) is 0 Å². The molecule has 4 atom stereocenters. The third kappa shape index (κ3) is 2.51. The average molecular weight is 475 g/mol. The second-order valence-electron chi connectivity index (χ2n) is 7.58. The van der Waals surface area contributed by atoms with E-state index in [-0.39, 0.29) is 35.7 Å². The molecule has 1 aromatic rings. The molecule has 1 aromatic carbocycles. The van der Waals surface area contributed by atoms with Crippen LogP contribution in [-0.2, 0) is 19.1 Å². The van der Waals surface area contributed by atoms with Crippen LogP contribution >= 0.6 is 0 Å². The van der Waals surface area contributed by atoms with Crippen LogP contribution in [0.2, 0.25) is 0 Å². The Kier molecular flexibility index (Phi) is 4.30. The first-order valence-electron chi connectivity index (χ1n) is 9.47. The van der Waals surface area contributed by atoms with E-state index in [1.807, 2.05) is 35.2 Å². The van der Waals surface area contributed by atoms with Gasteiger partial charge in [-0.25, -0.2) is 0 Å². The second kappa shape index (κ2) is 6.68. The van der Waals surface area contributed by atoms with Crippen LogP contribution < -0.4 is 21.2 Å². The molecule has 2 fully saturated rings. The zero-order valence-corrected chi connectivity index (χ0v) is 17.8. The number of ketones is 2. The number of hydrogen-bond acceptors (Lipinski definition) is 8. The Morgan fingerprint density at radius 2 is 2.03 bits per heavy atom. The number of carbonyl (C=O) groups excluding carboxylic acids is 3. The van der Waals surface area contributed by atoms with Crippen molar-refractivity contribution < 1.29 is 23.9 Å². The average Bonchev–Trinajstić information content (AvgIpc) is 3.35. The number of piperazine rings is 1. The summed E-state index contributed by atoms with van der Waals surface area (Å²) in [5.41, 5.74) is 10.9. The van der Waals surface area contributed by atoms with Crippen LogP contribution in [0.15, 0.2) is 51.8 Å². The first-order valence-corrected chi connectivity index (χ1v) is 11.2. The Morgan fingerprint density at radius 1 is 1.30 bits per heavy atom. The van der Waals surface area contributed by atoms with Crippen LogP contribution in [0.5, 0.6) is 0 Å². The first kappa shape index (κ1) is 19.3. The van der Waals surface area contributed by atoms with E-state index < -0.39 is 38.5 Å². The number of nitrogens with zero attached hydrogens (tertiary/aromatic N) is 1. The van der Waals surface area contributed by atoms with Gasteiger partial charge < -0.3 is 0 Å². The summed E-state index contributed by atoms with van der Waals surface area (Å²) in [6.07, 6.45) is -0.952. The molecule has 1 aliphatic carbocycles. The Balaban J connectivity index is 1.58. The maximum atomic E-state index is 13.6. The molecule has 0 unspecified atom stereocenters. The van der Waals surface area contributed by atoms with Crippen molar-refractivity contribution in [2.24, 2.45) is 17.4 Å². The van der Waals surface area contributed by atoms with Crippen molar-refractivity contribution in [3.8, 4) is 0 Å². The Labute approximate surface area is 178 Å². The van der Waals surface area contributed by atoms with Crippen molar-refractivity contribution >= 4 is 37.1 Å². The SMILES string of the molecule is CO[C@@]12[C@H](COC(N)=O)C3=C(C(=O)C([Se]c4ccccc4)=C(N)C3=O)N1C[C@@H]1N[C@@H]12. The van der Waals surface area contributed by atoms with Gasteiger partial charge in [0, 0.05) is 0 Å². The molecule has 0 spiro atoms. The van der Waals surface area contributed by atoms with Gasteiger partial charge in [-0.2, -0.15) is 0 Å². The summed E-state index contributed by atoms with van der Waals surface area (Å²) in [6.45, 7) is 0.351. The molecule has 156 valence electrons. The number of nitrogens with one attached hydrogen (secondary N) is 1. The zero-order chi connectivity index (χ0) is 21.2. The maximum absolute atomic E-state index is 13.6. The van der Waals surface area contributed by atoms with Gasteiger partial charge in [0.05, 0.1) is 0 Å². The summed E-state index contributed by atoms with van der Waals surface area (Å²) in [4.78, 5) is 40.1. The first-order chi connectivity index (χ1) is 14.4. The van der Waals surface area contributed by atoms with Gasteiger partial charge in [-0.3, -0.25) is 0 Å². The number of nitrogens with two attached hydrogens (primary N) is 2. The molecule has 3 aliphatic heterocycles. The third-order valence-electron chi connectivity index (χ3n) is 6.14. The van der Waals surface area contributed by atoms with Gasteiger partial charge in [0.2, 0.25) is 0 Å². The fourth-order valence-electron chi connectivity index (χ4n) is 4.88. The van der Waals surface area contributed by atoms with Gasteiger partial charge in [0.15, 0.2) is 0 Å². The number of primary amides is 1. The van der Waals surface area contributed by atoms with E-state index in [9.17, 15) is 14.4 Å². The minimum absolute atomic E-state index is 0.0422. The molecule has 5 N–H and O–H groups in total. The number of allylic oxidation sites excluding steroid dienone is 2. The number of Topliss-reactive ketones (excluding diaryl/α,β-unsaturated/α-hetero) is 2. The van der Waals surface area contributed by atoms with Crippen LogP contribution in [0.4, 0.5) is 4.79 Å². The molecule has 9 nitrogen and oxygen atoms in total. The quantitative estimate of drug-likeness (QED) is 0.260. The number of rotatable bonds is 5. The molecule has 0 radical (unpaired) electrons. The Morgan fingerprint density at radius 3 is 2.70 bits per heavy atom. The molecule has 0 saturated carbocycles. The van der Waals surface area contributed by atoms with Crippen molar-refractivity contribution in [2.45, 2.75) is 17.8 Å². The zero-order valence-electron chi connectivity index (χ0n) is 16.1. The number of carbonyl (C=O) groups is 3. The number of ether oxygens (including phenoxy) is 2. The van der Waals surface area contributed by atoms with Crippen LogP contribution in [0.3, 0.4) is 0 Å². The number of fused-ring (bicyclic) bond motifs is 4. The Hall–Kier alpha value is -2.65. The summed E-state index contributed by atoms with van der Waals surface area (Å²) in [5, 5.41) is 3.32.